The van der Waals surface area contributed by atoms with E-state index in [0.717, 1.165) is 4.31 Å². The van der Waals surface area contributed by atoms with Crippen LogP contribution in [-0.2, 0) is 26.2 Å². The van der Waals surface area contributed by atoms with Crippen LogP contribution in [0.4, 0.5) is 10.1 Å². The second-order valence-electron chi connectivity index (χ2n) is 9.22. The van der Waals surface area contributed by atoms with Crippen LogP contribution in [0.15, 0.2) is 77.7 Å². The van der Waals surface area contributed by atoms with Crippen LogP contribution in [0.25, 0.3) is 0 Å². The lowest BCUT2D eigenvalue weighted by Crippen LogP contribution is -2.52. The molecule has 0 heterocycles. The van der Waals surface area contributed by atoms with E-state index in [1.807, 2.05) is 6.92 Å². The molecule has 0 saturated heterocycles. The molecule has 0 aliphatic heterocycles. The predicted molar refractivity (Wildman–Crippen MR) is 155 cm³/mol. The van der Waals surface area contributed by atoms with E-state index in [2.05, 4.69) is 5.32 Å². The Morgan fingerprint density at radius 1 is 0.927 bits per heavy atom. The van der Waals surface area contributed by atoms with Crippen LogP contribution in [0.1, 0.15) is 32.3 Å². The van der Waals surface area contributed by atoms with Gasteiger partial charge in [0.05, 0.1) is 24.8 Å². The van der Waals surface area contributed by atoms with Gasteiger partial charge in [-0.15, -0.1) is 0 Å². The number of halogens is 1. The molecule has 11 heteroatoms. The maximum absolute atomic E-state index is 14.1. The van der Waals surface area contributed by atoms with Crippen LogP contribution in [0, 0.1) is 5.82 Å². The number of benzene rings is 3. The summed E-state index contributed by atoms with van der Waals surface area (Å²) in [6.45, 7) is 3.46. The fourth-order valence-corrected chi connectivity index (χ4v) is 5.72. The normalized spacial score (nSPS) is 11.8. The lowest BCUT2D eigenvalue weighted by Gasteiger charge is -2.33. The van der Waals surface area contributed by atoms with E-state index >= 15 is 0 Å². The number of hydrogen-bond acceptors (Lipinski definition) is 6. The average Bonchev–Trinajstić information content (AvgIpc) is 2.99. The van der Waals surface area contributed by atoms with E-state index in [-0.39, 0.29) is 35.2 Å². The molecule has 3 aromatic carbocycles. The lowest BCUT2D eigenvalue weighted by molar-refractivity contribution is -0.140. The zero-order valence-electron chi connectivity index (χ0n) is 23.7. The van der Waals surface area contributed by atoms with Crippen molar-refractivity contribution in [2.75, 3.05) is 31.6 Å². The minimum Gasteiger partial charge on any atom is -0.497 e. The van der Waals surface area contributed by atoms with Crippen molar-refractivity contribution in [1.82, 2.24) is 10.2 Å². The Balaban J connectivity index is 2.08. The Morgan fingerprint density at radius 2 is 1.59 bits per heavy atom. The highest BCUT2D eigenvalue weighted by Gasteiger charge is 2.34. The third-order valence-corrected chi connectivity index (χ3v) is 8.26. The number of nitrogens with zero attached hydrogens (tertiary/aromatic N) is 2. The molecule has 0 aromatic heterocycles. The van der Waals surface area contributed by atoms with Crippen LogP contribution in [0.2, 0.25) is 0 Å². The van der Waals surface area contributed by atoms with Crippen LogP contribution in [0.5, 0.6) is 11.5 Å². The number of para-hydroxylation sites is 2. The number of methoxy groups -OCH3 is 2. The standard InChI is InChI=1S/C30H36FN3O6S/c1-5-19-32-30(36)26(6-2)33(20-22-11-13-23(31)14-12-22)29(35)21-34(27-9-7-8-10-28(27)40-4)41(37,38)25-17-15-24(39-3)16-18-25/h7-18,26H,5-6,19-21H2,1-4H3,(H,32,36)/t26-/m1/s1. The van der Waals surface area contributed by atoms with Crippen molar-refractivity contribution in [3.63, 3.8) is 0 Å². The van der Waals surface area contributed by atoms with Gasteiger partial charge >= 0.3 is 0 Å². The van der Waals surface area contributed by atoms with Gasteiger partial charge in [-0.25, -0.2) is 12.8 Å². The fourth-order valence-electron chi connectivity index (χ4n) is 4.30. The Morgan fingerprint density at radius 3 is 2.17 bits per heavy atom. The van der Waals surface area contributed by atoms with Gasteiger partial charge in [-0.3, -0.25) is 13.9 Å². The molecule has 0 fully saturated rings. The molecule has 0 aliphatic carbocycles. The number of nitrogens with one attached hydrogen (secondary N) is 1. The van der Waals surface area contributed by atoms with Crippen molar-refractivity contribution < 1.29 is 31.9 Å². The monoisotopic (exact) mass is 585 g/mol. The number of sulfonamides is 1. The van der Waals surface area contributed by atoms with E-state index in [4.69, 9.17) is 9.47 Å². The van der Waals surface area contributed by atoms with E-state index in [1.54, 1.807) is 31.2 Å². The van der Waals surface area contributed by atoms with Gasteiger partial charge in [0.15, 0.2) is 0 Å². The summed E-state index contributed by atoms with van der Waals surface area (Å²) in [6.07, 6.45) is 0.984. The molecule has 0 spiro atoms. The summed E-state index contributed by atoms with van der Waals surface area (Å²) in [5, 5.41) is 2.83. The summed E-state index contributed by atoms with van der Waals surface area (Å²) in [5.74, 6) is -0.691. The quantitative estimate of drug-likeness (QED) is 0.301. The third kappa shape index (κ3) is 7.75. The number of carbonyl (C=O) groups excluding carboxylic acids is 2. The Hall–Kier alpha value is -4.12. The highest BCUT2D eigenvalue weighted by Crippen LogP contribution is 2.33. The molecule has 1 N–H and O–H groups in total. The van der Waals surface area contributed by atoms with Crippen molar-refractivity contribution in [3.05, 3.63) is 84.2 Å². The predicted octanol–water partition coefficient (Wildman–Crippen LogP) is 4.37. The molecule has 41 heavy (non-hydrogen) atoms. The molecule has 9 nitrogen and oxygen atoms in total. The number of ether oxygens (including phenoxy) is 2. The zero-order valence-corrected chi connectivity index (χ0v) is 24.5. The molecule has 1 atom stereocenters. The molecule has 0 bridgehead atoms. The molecule has 3 rings (SSSR count). The van der Waals surface area contributed by atoms with Crippen molar-refractivity contribution in [3.8, 4) is 11.5 Å². The van der Waals surface area contributed by atoms with Crippen LogP contribution in [-0.4, -0.2) is 58.5 Å². The minimum absolute atomic E-state index is 0.0283. The maximum atomic E-state index is 14.1. The van der Waals surface area contributed by atoms with E-state index in [9.17, 15) is 22.4 Å². The number of rotatable bonds is 14. The highest BCUT2D eigenvalue weighted by molar-refractivity contribution is 7.92. The molecule has 220 valence electrons. The van der Waals surface area contributed by atoms with Gasteiger partial charge in [-0.2, -0.15) is 0 Å². The smallest absolute Gasteiger partial charge is 0.264 e. The van der Waals surface area contributed by atoms with Crippen molar-refractivity contribution in [2.45, 2.75) is 44.2 Å². The molecule has 0 saturated carbocycles. The van der Waals surface area contributed by atoms with E-state index in [1.165, 1.54) is 67.7 Å². The lowest BCUT2D eigenvalue weighted by atomic mass is 10.1. The highest BCUT2D eigenvalue weighted by atomic mass is 32.2. The SMILES string of the molecule is CCCNC(=O)[C@@H](CC)N(Cc1ccc(F)cc1)C(=O)CN(c1ccccc1OC)S(=O)(=O)c1ccc(OC)cc1. The second kappa shape index (κ2) is 14.5. The largest absolute Gasteiger partial charge is 0.497 e. The molecule has 0 radical (unpaired) electrons. The van der Waals surface area contributed by atoms with Crippen molar-refractivity contribution >= 4 is 27.5 Å². The number of anilines is 1. The van der Waals surface area contributed by atoms with Crippen LogP contribution < -0.4 is 19.1 Å². The first-order valence-electron chi connectivity index (χ1n) is 13.3. The van der Waals surface area contributed by atoms with Gasteiger partial charge in [0, 0.05) is 13.1 Å². The molecule has 0 aliphatic rings. The Bertz CT molecular complexity index is 1410. The van der Waals surface area contributed by atoms with Gasteiger partial charge in [0.1, 0.15) is 29.9 Å². The van der Waals surface area contributed by atoms with Gasteiger partial charge in [0.2, 0.25) is 11.8 Å². The van der Waals surface area contributed by atoms with Crippen LogP contribution >= 0.6 is 0 Å². The second-order valence-corrected chi connectivity index (χ2v) is 11.1. The summed E-state index contributed by atoms with van der Waals surface area (Å²) in [6, 6.07) is 17.0. The number of amides is 2. The summed E-state index contributed by atoms with van der Waals surface area (Å²) in [4.78, 5) is 28.5. The molecule has 3 aromatic rings. The first-order chi connectivity index (χ1) is 19.7. The van der Waals surface area contributed by atoms with Gasteiger partial charge in [0.25, 0.3) is 10.0 Å². The van der Waals surface area contributed by atoms with Crippen molar-refractivity contribution in [1.29, 1.82) is 0 Å². The number of carbonyl (C=O) groups is 2. The molecule has 2 amide bonds. The minimum atomic E-state index is -4.29. The summed E-state index contributed by atoms with van der Waals surface area (Å²) < 4.78 is 53.2. The summed E-state index contributed by atoms with van der Waals surface area (Å²) >= 11 is 0. The van der Waals surface area contributed by atoms with Gasteiger partial charge in [-0.1, -0.05) is 38.1 Å². The fraction of sp³-hybridized carbons (Fsp3) is 0.333. The topological polar surface area (TPSA) is 105 Å². The third-order valence-electron chi connectivity index (χ3n) is 6.48. The first kappa shape index (κ1) is 31.4. The Labute approximate surface area is 240 Å². The van der Waals surface area contributed by atoms with Gasteiger partial charge < -0.3 is 19.7 Å². The van der Waals surface area contributed by atoms with Crippen LogP contribution in [0.3, 0.4) is 0 Å². The molecular weight excluding hydrogens is 549 g/mol. The van der Waals surface area contributed by atoms with Crippen molar-refractivity contribution in [2.24, 2.45) is 0 Å². The molecular formula is C30H36FN3O6S. The molecule has 0 unspecified atom stereocenters. The van der Waals surface area contributed by atoms with E-state index < -0.39 is 34.3 Å². The van der Waals surface area contributed by atoms with Gasteiger partial charge in [-0.05, 0) is 66.9 Å². The maximum Gasteiger partial charge on any atom is 0.264 e. The zero-order chi connectivity index (χ0) is 30.0. The Kier molecular flexibility index (Phi) is 11.1. The summed E-state index contributed by atoms with van der Waals surface area (Å²) in [5.41, 5.74) is 0.743. The van der Waals surface area contributed by atoms with E-state index in [0.29, 0.717) is 24.3 Å². The number of hydrogen-bond donors (Lipinski definition) is 1. The first-order valence-corrected chi connectivity index (χ1v) is 14.7. The average molecular weight is 586 g/mol. The summed E-state index contributed by atoms with van der Waals surface area (Å²) in [7, 11) is -1.41.